The van der Waals surface area contributed by atoms with Gasteiger partial charge in [0.1, 0.15) is 28.8 Å². The Kier molecular flexibility index (Phi) is 10.5. The maximum Gasteiger partial charge on any atom is 0.432 e. The van der Waals surface area contributed by atoms with E-state index in [9.17, 15) is 39.5 Å². The SMILES string of the molecule is CCCCCCc1ccc(-c2ccc(-c3cc(F)c(C(F)(F)Oc4cc(F)c(OC(F)=C(F)F)c(F)c4)c(F)c3)c(F)c2)cc1. The predicted molar refractivity (Wildman–Crippen MR) is 147 cm³/mol. The van der Waals surface area contributed by atoms with Gasteiger partial charge >= 0.3 is 18.2 Å². The van der Waals surface area contributed by atoms with Crippen LogP contribution in [0.2, 0.25) is 0 Å². The Labute approximate surface area is 251 Å². The summed E-state index contributed by atoms with van der Waals surface area (Å²) in [6.07, 6.45) is -2.58. The van der Waals surface area contributed by atoms with E-state index in [0.717, 1.165) is 43.7 Å². The van der Waals surface area contributed by atoms with Crippen molar-refractivity contribution in [3.8, 4) is 33.8 Å². The van der Waals surface area contributed by atoms with Crippen molar-refractivity contribution in [2.75, 3.05) is 0 Å². The van der Waals surface area contributed by atoms with Crippen molar-refractivity contribution in [1.82, 2.24) is 0 Å². The average Bonchev–Trinajstić information content (AvgIpc) is 2.96. The number of hydrogen-bond acceptors (Lipinski definition) is 2. The molecule has 12 heteroatoms. The molecule has 0 radical (unpaired) electrons. The molecule has 0 aliphatic rings. The van der Waals surface area contributed by atoms with E-state index in [0.29, 0.717) is 23.3 Å². The van der Waals surface area contributed by atoms with Gasteiger partial charge in [-0.15, -0.1) is 0 Å². The number of rotatable bonds is 12. The van der Waals surface area contributed by atoms with Crippen LogP contribution < -0.4 is 9.47 Å². The van der Waals surface area contributed by atoms with Gasteiger partial charge in [0.25, 0.3) is 0 Å². The Hall–Kier alpha value is -4.48. The lowest BCUT2D eigenvalue weighted by Crippen LogP contribution is -2.25. The second-order valence-corrected chi connectivity index (χ2v) is 9.99. The van der Waals surface area contributed by atoms with Crippen LogP contribution in [0.15, 0.2) is 78.8 Å². The highest BCUT2D eigenvalue weighted by atomic mass is 19.3. The molecule has 0 aromatic heterocycles. The standard InChI is InChI=1S/C33H24F10O2/c1-2-3-4-5-6-18-7-9-19(10-8-18)20-11-12-23(24(34)13-20)21-14-25(35)29(26(36)15-21)33(42,43)45-22-16-27(37)30(28(38)17-22)44-32(41)31(39)40/h7-17H,2-6H2,1H3. The maximum absolute atomic E-state index is 15.1. The largest absolute Gasteiger partial charge is 0.432 e. The first-order valence-corrected chi connectivity index (χ1v) is 13.6. The fourth-order valence-electron chi connectivity index (χ4n) is 4.58. The molecule has 0 saturated carbocycles. The second-order valence-electron chi connectivity index (χ2n) is 9.99. The van der Waals surface area contributed by atoms with Crippen LogP contribution in [-0.4, -0.2) is 0 Å². The molecule has 0 heterocycles. The van der Waals surface area contributed by atoms with Crippen LogP contribution in [0.4, 0.5) is 43.9 Å². The van der Waals surface area contributed by atoms with E-state index in [2.05, 4.69) is 16.4 Å². The van der Waals surface area contributed by atoms with E-state index in [-0.39, 0.29) is 17.7 Å². The zero-order chi connectivity index (χ0) is 32.9. The number of hydrogen-bond donors (Lipinski definition) is 0. The Morgan fingerprint density at radius 2 is 1.22 bits per heavy atom. The summed E-state index contributed by atoms with van der Waals surface area (Å²) in [5.41, 5.74) is -0.414. The van der Waals surface area contributed by atoms with Crippen molar-refractivity contribution >= 4 is 0 Å². The van der Waals surface area contributed by atoms with Gasteiger partial charge in [0.05, 0.1) is 0 Å². The molecule has 0 saturated heterocycles. The van der Waals surface area contributed by atoms with Crippen molar-refractivity contribution < 1.29 is 53.4 Å². The van der Waals surface area contributed by atoms with E-state index in [1.165, 1.54) is 12.1 Å². The number of halogens is 10. The van der Waals surface area contributed by atoms with Crippen LogP contribution in [0.1, 0.15) is 43.7 Å². The summed E-state index contributed by atoms with van der Waals surface area (Å²) in [6.45, 7) is 2.12. The molecule has 4 rings (SSSR count). The van der Waals surface area contributed by atoms with Gasteiger partial charge in [0.2, 0.25) is 5.75 Å². The molecule has 0 amide bonds. The molecule has 4 aromatic rings. The molecular weight excluding hydrogens is 618 g/mol. The van der Waals surface area contributed by atoms with Gasteiger partial charge in [0.15, 0.2) is 11.6 Å². The molecule has 2 nitrogen and oxygen atoms in total. The summed E-state index contributed by atoms with van der Waals surface area (Å²) in [4.78, 5) is 0. The molecule has 0 bridgehead atoms. The lowest BCUT2D eigenvalue weighted by atomic mass is 9.97. The fourth-order valence-corrected chi connectivity index (χ4v) is 4.58. The average molecular weight is 643 g/mol. The molecule has 238 valence electrons. The van der Waals surface area contributed by atoms with Gasteiger partial charge in [-0.05, 0) is 53.3 Å². The van der Waals surface area contributed by atoms with Crippen molar-refractivity contribution in [1.29, 1.82) is 0 Å². The summed E-state index contributed by atoms with van der Waals surface area (Å²) >= 11 is 0. The lowest BCUT2D eigenvalue weighted by Gasteiger charge is -2.20. The van der Waals surface area contributed by atoms with Crippen molar-refractivity contribution in [2.45, 2.75) is 45.1 Å². The van der Waals surface area contributed by atoms with Crippen LogP contribution in [0.5, 0.6) is 11.5 Å². The van der Waals surface area contributed by atoms with Crippen LogP contribution in [0.3, 0.4) is 0 Å². The number of aryl methyl sites for hydroxylation is 1. The predicted octanol–water partition coefficient (Wildman–Crippen LogP) is 11.4. The Balaban J connectivity index is 1.54. The van der Waals surface area contributed by atoms with Crippen molar-refractivity contribution in [3.63, 3.8) is 0 Å². The molecule has 0 atom stereocenters. The van der Waals surface area contributed by atoms with Crippen LogP contribution in [0.25, 0.3) is 22.3 Å². The third-order valence-electron chi connectivity index (χ3n) is 6.78. The second kappa shape index (κ2) is 14.1. The molecule has 45 heavy (non-hydrogen) atoms. The molecule has 0 spiro atoms. The van der Waals surface area contributed by atoms with Gasteiger partial charge in [-0.25, -0.2) is 22.0 Å². The molecular formula is C33H24F10O2. The highest BCUT2D eigenvalue weighted by Crippen LogP contribution is 2.39. The topological polar surface area (TPSA) is 18.5 Å². The normalized spacial score (nSPS) is 11.4. The fraction of sp³-hybridized carbons (Fsp3) is 0.212. The van der Waals surface area contributed by atoms with Gasteiger partial charge in [-0.2, -0.15) is 22.0 Å². The minimum absolute atomic E-state index is 0.00199. The Bertz CT molecular complexity index is 1650. The molecule has 0 fully saturated rings. The molecule has 4 aromatic carbocycles. The highest BCUT2D eigenvalue weighted by molar-refractivity contribution is 5.71. The third-order valence-corrected chi connectivity index (χ3v) is 6.78. The van der Waals surface area contributed by atoms with E-state index < -0.39 is 69.9 Å². The number of unbranched alkanes of at least 4 members (excludes halogenated alkanes) is 3. The van der Waals surface area contributed by atoms with Gasteiger partial charge in [-0.1, -0.05) is 62.6 Å². The highest BCUT2D eigenvalue weighted by Gasteiger charge is 2.41. The Morgan fingerprint density at radius 3 is 1.78 bits per heavy atom. The first-order chi connectivity index (χ1) is 21.3. The van der Waals surface area contributed by atoms with Crippen LogP contribution in [0, 0.1) is 29.1 Å². The van der Waals surface area contributed by atoms with E-state index in [4.69, 9.17) is 0 Å². The zero-order valence-electron chi connectivity index (χ0n) is 23.5. The van der Waals surface area contributed by atoms with E-state index in [1.54, 1.807) is 0 Å². The van der Waals surface area contributed by atoms with Gasteiger partial charge < -0.3 is 9.47 Å². The molecule has 0 unspecified atom stereocenters. The summed E-state index contributed by atoms with van der Waals surface area (Å²) in [5, 5.41) is 0. The van der Waals surface area contributed by atoms with Crippen LogP contribution in [-0.2, 0) is 12.5 Å². The van der Waals surface area contributed by atoms with Crippen molar-refractivity contribution in [2.24, 2.45) is 0 Å². The quantitative estimate of drug-likeness (QED) is 0.0870. The van der Waals surface area contributed by atoms with Gasteiger partial charge in [0, 0.05) is 17.7 Å². The summed E-state index contributed by atoms with van der Waals surface area (Å²) in [5.74, 6) is -11.6. The zero-order valence-corrected chi connectivity index (χ0v) is 23.5. The lowest BCUT2D eigenvalue weighted by molar-refractivity contribution is -0.189. The van der Waals surface area contributed by atoms with Crippen molar-refractivity contribution in [3.05, 3.63) is 119 Å². The molecule has 0 aliphatic heterocycles. The number of alkyl halides is 2. The number of ether oxygens (including phenoxy) is 2. The smallest absolute Gasteiger partial charge is 0.429 e. The van der Waals surface area contributed by atoms with Crippen LogP contribution >= 0.6 is 0 Å². The van der Waals surface area contributed by atoms with Gasteiger partial charge in [-0.3, -0.25) is 0 Å². The van der Waals surface area contributed by atoms with E-state index >= 15 is 4.39 Å². The van der Waals surface area contributed by atoms with E-state index in [1.807, 2.05) is 24.3 Å². The monoisotopic (exact) mass is 642 g/mol. The molecule has 0 N–H and O–H groups in total. The summed E-state index contributed by atoms with van der Waals surface area (Å²) in [7, 11) is 0. The third kappa shape index (κ3) is 7.98. The maximum atomic E-state index is 15.1. The Morgan fingerprint density at radius 1 is 0.644 bits per heavy atom. The minimum atomic E-state index is -4.88. The minimum Gasteiger partial charge on any atom is -0.429 e. The number of benzene rings is 4. The summed E-state index contributed by atoms with van der Waals surface area (Å²) in [6, 6.07) is 9.55. The first kappa shape index (κ1) is 33.4. The first-order valence-electron chi connectivity index (χ1n) is 13.6. The molecule has 0 aliphatic carbocycles. The summed E-state index contributed by atoms with van der Waals surface area (Å²) < 4.78 is 148.